The molecule has 1 aromatic heterocycles. The van der Waals surface area contributed by atoms with Gasteiger partial charge in [0, 0.05) is 24.1 Å². The molecule has 1 amide bonds. The van der Waals surface area contributed by atoms with Crippen molar-refractivity contribution >= 4 is 23.2 Å². The van der Waals surface area contributed by atoms with Crippen molar-refractivity contribution in [2.45, 2.75) is 18.8 Å². The Morgan fingerprint density at radius 2 is 1.68 bits per heavy atom. The summed E-state index contributed by atoms with van der Waals surface area (Å²) in [4.78, 5) is 11.4. The van der Waals surface area contributed by atoms with Crippen molar-refractivity contribution in [3.8, 4) is 5.69 Å². The quantitative estimate of drug-likeness (QED) is 0.623. The van der Waals surface area contributed by atoms with Gasteiger partial charge in [-0.2, -0.15) is 31.4 Å². The largest absolute Gasteiger partial charge is 0.435 e. The minimum Gasteiger partial charge on any atom is -0.326 e. The summed E-state index contributed by atoms with van der Waals surface area (Å²) in [6.07, 6.45) is -10.00. The van der Waals surface area contributed by atoms with Crippen LogP contribution in [0.15, 0.2) is 30.3 Å². The number of halogens is 7. The summed E-state index contributed by atoms with van der Waals surface area (Å²) >= 11 is 5.40. The molecule has 0 radical (unpaired) electrons. The summed E-state index contributed by atoms with van der Waals surface area (Å²) in [5.74, 6) is -0.316. The van der Waals surface area contributed by atoms with E-state index in [1.54, 1.807) is 0 Å². The third kappa shape index (κ3) is 4.65. The molecular weight excluding hydrogens is 376 g/mol. The van der Waals surface area contributed by atoms with E-state index in [1.165, 1.54) is 12.1 Å². The third-order valence-electron chi connectivity index (χ3n) is 3.01. The molecule has 1 N–H and O–H groups in total. The van der Waals surface area contributed by atoms with Gasteiger partial charge in [-0.3, -0.25) is 4.79 Å². The number of amides is 1. The van der Waals surface area contributed by atoms with Crippen molar-refractivity contribution in [3.63, 3.8) is 0 Å². The first kappa shape index (κ1) is 19.1. The van der Waals surface area contributed by atoms with Crippen molar-refractivity contribution in [2.24, 2.45) is 0 Å². The predicted octanol–water partition coefficient (Wildman–Crippen LogP) is 4.48. The van der Waals surface area contributed by atoms with Crippen molar-refractivity contribution in [1.82, 2.24) is 9.78 Å². The van der Waals surface area contributed by atoms with Gasteiger partial charge in [0.25, 0.3) is 0 Å². The van der Waals surface area contributed by atoms with Crippen LogP contribution in [0, 0.1) is 0 Å². The van der Waals surface area contributed by atoms with Crippen molar-refractivity contribution in [2.75, 3.05) is 11.2 Å². The Morgan fingerprint density at radius 1 is 1.08 bits per heavy atom. The van der Waals surface area contributed by atoms with E-state index < -0.39 is 29.6 Å². The van der Waals surface area contributed by atoms with Gasteiger partial charge in [0.05, 0.1) is 5.69 Å². The Bertz CT molecular complexity index is 751. The second-order valence-electron chi connectivity index (χ2n) is 4.86. The number of alkyl halides is 7. The van der Waals surface area contributed by atoms with Crippen LogP contribution in [-0.4, -0.2) is 21.6 Å². The van der Waals surface area contributed by atoms with Crippen LogP contribution in [0.3, 0.4) is 0 Å². The molecular formula is C14H10ClF6N3O. The predicted molar refractivity (Wildman–Crippen MR) is 77.5 cm³/mol. The molecule has 136 valence electrons. The van der Waals surface area contributed by atoms with E-state index in [-0.39, 0.29) is 34.4 Å². The van der Waals surface area contributed by atoms with Gasteiger partial charge in [-0.15, -0.1) is 11.6 Å². The standard InChI is InChI=1S/C14H10ClF6N3O/c15-6-5-12(25)22-8-1-3-9(4-2-8)24-11(14(19,20)21)7-10(23-24)13(16,17)18/h1-4,7H,5-6H2,(H,22,25). The number of nitrogens with one attached hydrogen (secondary N) is 1. The fourth-order valence-corrected chi connectivity index (χ4v) is 2.09. The molecule has 0 aliphatic heterocycles. The van der Waals surface area contributed by atoms with Gasteiger partial charge in [0.1, 0.15) is 5.69 Å². The lowest BCUT2D eigenvalue weighted by Gasteiger charge is -2.11. The summed E-state index contributed by atoms with van der Waals surface area (Å²) in [6.45, 7) is 0. The Morgan fingerprint density at radius 3 is 2.16 bits per heavy atom. The van der Waals surface area contributed by atoms with Crippen LogP contribution in [0.4, 0.5) is 32.0 Å². The molecule has 0 atom stereocenters. The van der Waals surface area contributed by atoms with E-state index in [4.69, 9.17) is 11.6 Å². The average molecular weight is 386 g/mol. The lowest BCUT2D eigenvalue weighted by Crippen LogP contribution is -2.14. The number of hydrogen-bond acceptors (Lipinski definition) is 2. The van der Waals surface area contributed by atoms with E-state index >= 15 is 0 Å². The molecule has 1 aromatic carbocycles. The van der Waals surface area contributed by atoms with Gasteiger partial charge in [-0.1, -0.05) is 0 Å². The lowest BCUT2D eigenvalue weighted by atomic mass is 10.2. The van der Waals surface area contributed by atoms with Gasteiger partial charge < -0.3 is 5.32 Å². The summed E-state index contributed by atoms with van der Waals surface area (Å²) in [5, 5.41) is 5.45. The minimum absolute atomic E-state index is 0.0373. The number of aromatic nitrogens is 2. The fourth-order valence-electron chi connectivity index (χ4n) is 1.91. The molecule has 0 saturated heterocycles. The third-order valence-corrected chi connectivity index (χ3v) is 3.20. The van der Waals surface area contributed by atoms with Gasteiger partial charge in [-0.25, -0.2) is 4.68 Å². The van der Waals surface area contributed by atoms with Crippen LogP contribution < -0.4 is 5.32 Å². The molecule has 2 aromatic rings. The molecule has 11 heteroatoms. The van der Waals surface area contributed by atoms with Crippen LogP contribution in [-0.2, 0) is 17.1 Å². The first-order valence-electron chi connectivity index (χ1n) is 6.73. The Balaban J connectivity index is 2.37. The number of anilines is 1. The SMILES string of the molecule is O=C(CCCl)Nc1ccc(-n2nc(C(F)(F)F)cc2C(F)(F)F)cc1. The zero-order valence-corrected chi connectivity index (χ0v) is 13.0. The van der Waals surface area contributed by atoms with Crippen molar-refractivity contribution in [3.05, 3.63) is 41.7 Å². The van der Waals surface area contributed by atoms with Gasteiger partial charge in [-0.05, 0) is 24.3 Å². The van der Waals surface area contributed by atoms with Crippen molar-refractivity contribution < 1.29 is 31.1 Å². The van der Waals surface area contributed by atoms with Crippen LogP contribution in [0.2, 0.25) is 0 Å². The molecule has 0 aliphatic carbocycles. The maximum absolute atomic E-state index is 13.0. The molecule has 0 spiro atoms. The normalized spacial score (nSPS) is 12.3. The van der Waals surface area contributed by atoms with E-state index in [0.29, 0.717) is 0 Å². The second-order valence-corrected chi connectivity index (χ2v) is 5.23. The Kier molecular flexibility index (Phi) is 5.31. The molecule has 2 rings (SSSR count). The average Bonchev–Trinajstić information content (AvgIpc) is 2.93. The van der Waals surface area contributed by atoms with Crippen LogP contribution >= 0.6 is 11.6 Å². The highest BCUT2D eigenvalue weighted by atomic mass is 35.5. The first-order valence-corrected chi connectivity index (χ1v) is 7.26. The molecule has 0 fully saturated rings. The first-order chi connectivity index (χ1) is 11.5. The zero-order chi connectivity index (χ0) is 18.8. The Hall–Kier alpha value is -2.23. The smallest absolute Gasteiger partial charge is 0.326 e. The molecule has 4 nitrogen and oxygen atoms in total. The lowest BCUT2D eigenvalue weighted by molar-refractivity contribution is -0.143. The maximum atomic E-state index is 13.0. The summed E-state index contributed by atoms with van der Waals surface area (Å²) < 4.78 is 77.1. The number of benzene rings is 1. The summed E-state index contributed by atoms with van der Waals surface area (Å²) in [5.41, 5.74) is -3.19. The van der Waals surface area contributed by atoms with E-state index in [1.807, 2.05) is 0 Å². The van der Waals surface area contributed by atoms with E-state index in [2.05, 4.69) is 10.4 Å². The van der Waals surface area contributed by atoms with Gasteiger partial charge in [0.2, 0.25) is 5.91 Å². The highest BCUT2D eigenvalue weighted by Crippen LogP contribution is 2.36. The number of carbonyl (C=O) groups excluding carboxylic acids is 1. The number of hydrogen-bond donors (Lipinski definition) is 1. The highest BCUT2D eigenvalue weighted by molar-refractivity contribution is 6.19. The topological polar surface area (TPSA) is 46.9 Å². The van der Waals surface area contributed by atoms with Gasteiger partial charge in [0.15, 0.2) is 5.69 Å². The van der Waals surface area contributed by atoms with Gasteiger partial charge >= 0.3 is 12.4 Å². The summed E-state index contributed by atoms with van der Waals surface area (Å²) in [7, 11) is 0. The minimum atomic E-state index is -5.02. The van der Waals surface area contributed by atoms with E-state index in [9.17, 15) is 31.1 Å². The van der Waals surface area contributed by atoms with Crippen molar-refractivity contribution in [1.29, 1.82) is 0 Å². The number of rotatable bonds is 4. The zero-order valence-electron chi connectivity index (χ0n) is 12.2. The molecule has 0 aliphatic rings. The number of carbonyl (C=O) groups is 1. The molecule has 25 heavy (non-hydrogen) atoms. The van der Waals surface area contributed by atoms with Crippen LogP contribution in [0.25, 0.3) is 5.69 Å². The number of nitrogens with zero attached hydrogens (tertiary/aromatic N) is 2. The molecule has 1 heterocycles. The Labute approximate surface area is 142 Å². The van der Waals surface area contributed by atoms with E-state index in [0.717, 1.165) is 12.1 Å². The highest BCUT2D eigenvalue weighted by Gasteiger charge is 2.42. The van der Waals surface area contributed by atoms with Crippen LogP contribution in [0.1, 0.15) is 17.8 Å². The second kappa shape index (κ2) is 6.95. The van der Waals surface area contributed by atoms with Crippen LogP contribution in [0.5, 0.6) is 0 Å². The molecule has 0 unspecified atom stereocenters. The monoisotopic (exact) mass is 385 g/mol. The fraction of sp³-hybridized carbons (Fsp3) is 0.286. The maximum Gasteiger partial charge on any atom is 0.435 e. The summed E-state index contributed by atoms with van der Waals surface area (Å²) in [6, 6.07) is 4.65. The molecule has 0 saturated carbocycles. The molecule has 0 bridgehead atoms.